The topological polar surface area (TPSA) is 44.8 Å². The molecule has 2 aromatic heterocycles. The van der Waals surface area contributed by atoms with Crippen molar-refractivity contribution in [2.45, 2.75) is 19.8 Å². The molecule has 0 radical (unpaired) electrons. The van der Waals surface area contributed by atoms with Gasteiger partial charge in [-0.3, -0.25) is 0 Å². The number of H-pyrrole nitrogens is 1. The van der Waals surface area contributed by atoms with Gasteiger partial charge in [0.1, 0.15) is 5.52 Å². The minimum absolute atomic E-state index is 0.427. The van der Waals surface area contributed by atoms with E-state index in [1.165, 1.54) is 0 Å². The van der Waals surface area contributed by atoms with Crippen LogP contribution in [0.1, 0.15) is 25.5 Å². The van der Waals surface area contributed by atoms with Crippen LogP contribution in [0.2, 0.25) is 0 Å². The van der Waals surface area contributed by atoms with E-state index >= 15 is 0 Å². The molecule has 15 heavy (non-hydrogen) atoms. The smallest absolute Gasteiger partial charge is 0.159 e. The summed E-state index contributed by atoms with van der Waals surface area (Å²) in [7, 11) is 4.04. The lowest BCUT2D eigenvalue weighted by molar-refractivity contribution is 0.827. The zero-order valence-corrected chi connectivity index (χ0v) is 9.57. The van der Waals surface area contributed by atoms with Crippen molar-refractivity contribution in [3.05, 3.63) is 18.1 Å². The molecule has 1 N–H and O–H groups in total. The van der Waals surface area contributed by atoms with Crippen LogP contribution < -0.4 is 4.90 Å². The van der Waals surface area contributed by atoms with Crippen LogP contribution in [0.15, 0.2) is 12.4 Å². The molecule has 0 fully saturated rings. The number of nitrogens with one attached hydrogen (secondary N) is 1. The third-order valence-electron chi connectivity index (χ3n) is 2.46. The van der Waals surface area contributed by atoms with Gasteiger partial charge in [0.2, 0.25) is 0 Å². The average molecular weight is 204 g/mol. The van der Waals surface area contributed by atoms with Crippen molar-refractivity contribution in [2.24, 2.45) is 0 Å². The van der Waals surface area contributed by atoms with E-state index in [2.05, 4.69) is 39.8 Å². The summed E-state index contributed by atoms with van der Waals surface area (Å²) in [6.45, 7) is 4.29. The number of anilines is 1. The molecule has 4 heteroatoms. The van der Waals surface area contributed by atoms with Crippen LogP contribution in [0.3, 0.4) is 0 Å². The molecule has 0 aliphatic heterocycles. The van der Waals surface area contributed by atoms with Crippen LogP contribution >= 0.6 is 0 Å². The van der Waals surface area contributed by atoms with E-state index in [0.717, 1.165) is 22.5 Å². The van der Waals surface area contributed by atoms with Crippen LogP contribution in [-0.2, 0) is 0 Å². The number of hydrogen-bond donors (Lipinski definition) is 1. The zero-order valence-electron chi connectivity index (χ0n) is 9.57. The fourth-order valence-corrected chi connectivity index (χ4v) is 1.57. The maximum atomic E-state index is 4.53. The van der Waals surface area contributed by atoms with Gasteiger partial charge < -0.3 is 9.88 Å². The van der Waals surface area contributed by atoms with E-state index in [9.17, 15) is 0 Å². The predicted molar refractivity (Wildman–Crippen MR) is 62.3 cm³/mol. The summed E-state index contributed by atoms with van der Waals surface area (Å²) in [6.07, 6.45) is 1.69. The Balaban J connectivity index is 2.69. The fraction of sp³-hybridized carbons (Fsp3) is 0.455. The standard InChI is InChI=1S/C11H16N4/c1-7(2)8-5-9(15(3)4)10-11(14-8)13-6-12-10/h5-7H,1-4H3,(H,12,13,14). The third kappa shape index (κ3) is 1.67. The highest BCUT2D eigenvalue weighted by Crippen LogP contribution is 2.25. The minimum Gasteiger partial charge on any atom is -0.376 e. The summed E-state index contributed by atoms with van der Waals surface area (Å²) >= 11 is 0. The van der Waals surface area contributed by atoms with Gasteiger partial charge in [-0.25, -0.2) is 9.97 Å². The van der Waals surface area contributed by atoms with Crippen LogP contribution in [-0.4, -0.2) is 29.0 Å². The number of fused-ring (bicyclic) bond motifs is 1. The second-order valence-corrected chi connectivity index (χ2v) is 4.22. The number of imidazole rings is 1. The van der Waals surface area contributed by atoms with Gasteiger partial charge in [0, 0.05) is 19.8 Å². The Bertz CT molecular complexity index is 470. The maximum Gasteiger partial charge on any atom is 0.159 e. The van der Waals surface area contributed by atoms with Gasteiger partial charge in [-0.15, -0.1) is 0 Å². The second-order valence-electron chi connectivity index (χ2n) is 4.22. The summed E-state index contributed by atoms with van der Waals surface area (Å²) in [6, 6.07) is 2.10. The van der Waals surface area contributed by atoms with Crippen LogP contribution in [0, 0.1) is 0 Å². The quantitative estimate of drug-likeness (QED) is 0.815. The molecule has 0 aliphatic carbocycles. The van der Waals surface area contributed by atoms with E-state index in [0.29, 0.717) is 5.92 Å². The summed E-state index contributed by atoms with van der Waals surface area (Å²) < 4.78 is 0. The summed E-state index contributed by atoms with van der Waals surface area (Å²) in [5.74, 6) is 0.427. The summed E-state index contributed by atoms with van der Waals surface area (Å²) in [5.41, 5.74) is 4.01. The van der Waals surface area contributed by atoms with Crippen molar-refractivity contribution in [3.63, 3.8) is 0 Å². The van der Waals surface area contributed by atoms with Gasteiger partial charge >= 0.3 is 0 Å². The SMILES string of the molecule is CC(C)c1cc(N(C)C)c2nc[nH]c2n1. The third-order valence-corrected chi connectivity index (χ3v) is 2.46. The van der Waals surface area contributed by atoms with E-state index in [4.69, 9.17) is 0 Å². The minimum atomic E-state index is 0.427. The molecule has 0 bridgehead atoms. The Hall–Kier alpha value is -1.58. The molecule has 0 saturated heterocycles. The van der Waals surface area contributed by atoms with Crippen LogP contribution in [0.25, 0.3) is 11.2 Å². The highest BCUT2D eigenvalue weighted by atomic mass is 15.1. The van der Waals surface area contributed by atoms with E-state index in [1.54, 1.807) is 6.33 Å². The van der Waals surface area contributed by atoms with Crippen LogP contribution in [0.5, 0.6) is 0 Å². The fourth-order valence-electron chi connectivity index (χ4n) is 1.57. The van der Waals surface area contributed by atoms with Crippen molar-refractivity contribution in [3.8, 4) is 0 Å². The largest absolute Gasteiger partial charge is 0.376 e. The molecule has 0 spiro atoms. The van der Waals surface area contributed by atoms with Gasteiger partial charge in [-0.1, -0.05) is 13.8 Å². The summed E-state index contributed by atoms with van der Waals surface area (Å²) in [4.78, 5) is 13.9. The molecule has 4 nitrogen and oxygen atoms in total. The molecule has 80 valence electrons. The number of pyridine rings is 1. The molecule has 0 unspecified atom stereocenters. The Morgan fingerprint density at radius 3 is 2.67 bits per heavy atom. The Kier molecular flexibility index (Phi) is 2.34. The zero-order chi connectivity index (χ0) is 11.0. The molecular formula is C11H16N4. The van der Waals surface area contributed by atoms with Crippen molar-refractivity contribution >= 4 is 16.9 Å². The van der Waals surface area contributed by atoms with Gasteiger partial charge in [0.05, 0.1) is 12.0 Å². The van der Waals surface area contributed by atoms with Gasteiger partial charge in [-0.2, -0.15) is 0 Å². The molecule has 0 aliphatic rings. The Morgan fingerprint density at radius 1 is 1.33 bits per heavy atom. The van der Waals surface area contributed by atoms with Gasteiger partial charge in [0.25, 0.3) is 0 Å². The highest BCUT2D eigenvalue weighted by molar-refractivity contribution is 5.85. The average Bonchev–Trinajstić information content (AvgIpc) is 2.62. The van der Waals surface area contributed by atoms with Crippen molar-refractivity contribution < 1.29 is 0 Å². The lowest BCUT2D eigenvalue weighted by Gasteiger charge is -2.15. The highest BCUT2D eigenvalue weighted by Gasteiger charge is 2.11. The van der Waals surface area contributed by atoms with Crippen LogP contribution in [0.4, 0.5) is 5.69 Å². The maximum absolute atomic E-state index is 4.53. The second kappa shape index (κ2) is 3.53. The first-order chi connectivity index (χ1) is 7.09. The molecule has 0 saturated carbocycles. The monoisotopic (exact) mass is 204 g/mol. The molecule has 0 amide bonds. The molecule has 2 heterocycles. The van der Waals surface area contributed by atoms with E-state index in [-0.39, 0.29) is 0 Å². The molecular weight excluding hydrogens is 188 g/mol. The van der Waals surface area contributed by atoms with Crippen molar-refractivity contribution in [1.29, 1.82) is 0 Å². The first-order valence-corrected chi connectivity index (χ1v) is 5.11. The lowest BCUT2D eigenvalue weighted by Crippen LogP contribution is -2.10. The normalized spacial score (nSPS) is 11.3. The van der Waals surface area contributed by atoms with Gasteiger partial charge in [0.15, 0.2) is 5.65 Å². The summed E-state index contributed by atoms with van der Waals surface area (Å²) in [5, 5.41) is 0. The Labute approximate surface area is 89.3 Å². The van der Waals surface area contributed by atoms with Gasteiger partial charge in [-0.05, 0) is 12.0 Å². The van der Waals surface area contributed by atoms with Crippen molar-refractivity contribution in [1.82, 2.24) is 15.0 Å². The number of hydrogen-bond acceptors (Lipinski definition) is 3. The number of nitrogens with zero attached hydrogens (tertiary/aromatic N) is 3. The molecule has 2 rings (SSSR count). The molecule has 2 aromatic rings. The first kappa shape index (κ1) is 9.96. The Morgan fingerprint density at radius 2 is 2.07 bits per heavy atom. The predicted octanol–water partition coefficient (Wildman–Crippen LogP) is 2.15. The number of aromatic nitrogens is 3. The van der Waals surface area contributed by atoms with E-state index < -0.39 is 0 Å². The van der Waals surface area contributed by atoms with Crippen molar-refractivity contribution in [2.75, 3.05) is 19.0 Å². The molecule has 0 aromatic carbocycles. The lowest BCUT2D eigenvalue weighted by atomic mass is 10.1. The first-order valence-electron chi connectivity index (χ1n) is 5.11. The molecule has 0 atom stereocenters. The number of rotatable bonds is 2. The number of aromatic amines is 1. The van der Waals surface area contributed by atoms with E-state index in [1.807, 2.05) is 14.1 Å².